The highest BCUT2D eigenvalue weighted by atomic mass is 16.5. The van der Waals surface area contributed by atoms with E-state index >= 15 is 0 Å². The molecule has 1 rings (SSSR count). The van der Waals surface area contributed by atoms with Crippen LogP contribution in [0.2, 0.25) is 0 Å². The lowest BCUT2D eigenvalue weighted by molar-refractivity contribution is 0.0620. The molecule has 0 saturated heterocycles. The zero-order chi connectivity index (χ0) is 12.5. The number of rotatable bonds is 8. The molecule has 1 N–H and O–H groups in total. The first-order chi connectivity index (χ1) is 8.18. The zero-order valence-electron chi connectivity index (χ0n) is 11.1. The lowest BCUT2D eigenvalue weighted by Gasteiger charge is -2.14. The smallest absolute Gasteiger partial charge is 0.0559 e. The fraction of sp³-hybridized carbons (Fsp3) is 0.643. The first-order valence-corrected chi connectivity index (χ1v) is 6.43. The summed E-state index contributed by atoms with van der Waals surface area (Å²) < 4.78 is 5.75. The number of hydrogen-bond donors (Lipinski definition) is 1. The van der Waals surface area contributed by atoms with Crippen LogP contribution in [0, 0.1) is 0 Å². The van der Waals surface area contributed by atoms with E-state index in [4.69, 9.17) is 4.74 Å². The Hall–Kier alpha value is -0.930. The minimum atomic E-state index is 0.310. The highest BCUT2D eigenvalue weighted by molar-refractivity contribution is 5.03. The van der Waals surface area contributed by atoms with Crippen molar-refractivity contribution in [3.8, 4) is 0 Å². The topological polar surface area (TPSA) is 34.1 Å². The Labute approximate surface area is 105 Å². The Morgan fingerprint density at radius 2 is 2.12 bits per heavy atom. The second kappa shape index (κ2) is 8.20. The summed E-state index contributed by atoms with van der Waals surface area (Å²) in [7, 11) is 0. The second-order valence-electron chi connectivity index (χ2n) is 4.65. The molecule has 0 spiro atoms. The summed E-state index contributed by atoms with van der Waals surface area (Å²) in [6.07, 6.45) is 4.08. The molecule has 0 aliphatic heterocycles. The molecule has 1 aromatic rings. The predicted octanol–water partition coefficient (Wildman–Crippen LogP) is 2.42. The van der Waals surface area contributed by atoms with E-state index in [2.05, 4.69) is 31.1 Å². The minimum Gasteiger partial charge on any atom is -0.378 e. The molecule has 1 heterocycles. The molecule has 1 unspecified atom stereocenters. The van der Waals surface area contributed by atoms with Gasteiger partial charge in [-0.3, -0.25) is 4.98 Å². The largest absolute Gasteiger partial charge is 0.378 e. The van der Waals surface area contributed by atoms with Gasteiger partial charge in [-0.15, -0.1) is 0 Å². The van der Waals surface area contributed by atoms with E-state index in [9.17, 15) is 0 Å². The fourth-order valence-electron chi connectivity index (χ4n) is 1.57. The number of nitrogens with one attached hydrogen (secondary N) is 1. The van der Waals surface area contributed by atoms with Crippen molar-refractivity contribution in [2.24, 2.45) is 0 Å². The van der Waals surface area contributed by atoms with E-state index in [0.29, 0.717) is 12.1 Å². The zero-order valence-corrected chi connectivity index (χ0v) is 11.1. The Morgan fingerprint density at radius 1 is 1.29 bits per heavy atom. The van der Waals surface area contributed by atoms with E-state index in [0.717, 1.165) is 31.7 Å². The summed E-state index contributed by atoms with van der Waals surface area (Å²) in [4.78, 5) is 4.27. The summed E-state index contributed by atoms with van der Waals surface area (Å²) in [6, 6.07) is 6.53. The molecule has 1 aromatic heterocycles. The van der Waals surface area contributed by atoms with Crippen LogP contribution < -0.4 is 5.32 Å². The average Bonchev–Trinajstić information content (AvgIpc) is 2.30. The van der Waals surface area contributed by atoms with Crippen molar-refractivity contribution < 1.29 is 4.74 Å². The number of pyridine rings is 1. The predicted molar refractivity (Wildman–Crippen MR) is 71.1 cm³/mol. The molecule has 0 aliphatic rings. The number of aromatic nitrogens is 1. The third-order valence-corrected chi connectivity index (χ3v) is 2.59. The Bertz CT molecular complexity index is 288. The normalized spacial score (nSPS) is 12.9. The van der Waals surface area contributed by atoms with Crippen molar-refractivity contribution in [3.05, 3.63) is 30.1 Å². The molecule has 1 atom stereocenters. The van der Waals surface area contributed by atoms with Gasteiger partial charge in [-0.25, -0.2) is 0 Å². The molecule has 3 nitrogen and oxygen atoms in total. The maximum absolute atomic E-state index is 5.75. The van der Waals surface area contributed by atoms with Gasteiger partial charge >= 0.3 is 0 Å². The maximum atomic E-state index is 5.75. The van der Waals surface area contributed by atoms with Crippen LogP contribution in [0.1, 0.15) is 32.9 Å². The number of nitrogens with zero attached hydrogens (tertiary/aromatic N) is 1. The standard InChI is InChI=1S/C14H24N2O/c1-12(2)15-10-7-13(3)17-11-8-14-6-4-5-9-16-14/h4-6,9,12-13,15H,7-8,10-11H2,1-3H3. The van der Waals surface area contributed by atoms with Crippen molar-refractivity contribution in [1.29, 1.82) is 0 Å². The summed E-state index contributed by atoms with van der Waals surface area (Å²) in [6.45, 7) is 8.21. The van der Waals surface area contributed by atoms with E-state index in [1.54, 1.807) is 0 Å². The Kier molecular flexibility index (Phi) is 6.82. The van der Waals surface area contributed by atoms with E-state index in [1.165, 1.54) is 0 Å². The van der Waals surface area contributed by atoms with Gasteiger partial charge < -0.3 is 10.1 Å². The van der Waals surface area contributed by atoms with E-state index < -0.39 is 0 Å². The van der Waals surface area contributed by atoms with Crippen molar-refractivity contribution in [2.45, 2.75) is 45.8 Å². The quantitative estimate of drug-likeness (QED) is 0.752. The van der Waals surface area contributed by atoms with E-state index in [-0.39, 0.29) is 0 Å². The van der Waals surface area contributed by atoms with Crippen LogP contribution in [-0.4, -0.2) is 30.3 Å². The van der Waals surface area contributed by atoms with Crippen LogP contribution in [0.15, 0.2) is 24.4 Å². The summed E-state index contributed by atoms with van der Waals surface area (Å²) in [5.41, 5.74) is 1.10. The monoisotopic (exact) mass is 236 g/mol. The molecular weight excluding hydrogens is 212 g/mol. The molecular formula is C14H24N2O. The Morgan fingerprint density at radius 3 is 2.76 bits per heavy atom. The molecule has 0 fully saturated rings. The molecule has 0 aliphatic carbocycles. The van der Waals surface area contributed by atoms with E-state index in [1.807, 2.05) is 24.4 Å². The van der Waals surface area contributed by atoms with Gasteiger partial charge in [0.05, 0.1) is 12.7 Å². The van der Waals surface area contributed by atoms with Gasteiger partial charge in [-0.1, -0.05) is 19.9 Å². The van der Waals surface area contributed by atoms with Crippen LogP contribution in [0.4, 0.5) is 0 Å². The van der Waals surface area contributed by atoms with Gasteiger partial charge in [0.2, 0.25) is 0 Å². The molecule has 0 saturated carbocycles. The van der Waals surface area contributed by atoms with Crippen LogP contribution in [0.5, 0.6) is 0 Å². The Balaban J connectivity index is 2.06. The molecule has 0 radical (unpaired) electrons. The second-order valence-corrected chi connectivity index (χ2v) is 4.65. The molecule has 17 heavy (non-hydrogen) atoms. The van der Waals surface area contributed by atoms with Crippen molar-refractivity contribution in [1.82, 2.24) is 10.3 Å². The molecule has 0 aromatic carbocycles. The van der Waals surface area contributed by atoms with Gasteiger partial charge in [-0.05, 0) is 32.0 Å². The molecule has 3 heteroatoms. The van der Waals surface area contributed by atoms with Gasteiger partial charge in [0.25, 0.3) is 0 Å². The van der Waals surface area contributed by atoms with Crippen LogP contribution in [-0.2, 0) is 11.2 Å². The SMILES string of the molecule is CC(C)NCCC(C)OCCc1ccccn1. The summed E-state index contributed by atoms with van der Waals surface area (Å²) >= 11 is 0. The molecule has 0 bridgehead atoms. The number of hydrogen-bond acceptors (Lipinski definition) is 3. The van der Waals surface area contributed by atoms with Gasteiger partial charge in [-0.2, -0.15) is 0 Å². The van der Waals surface area contributed by atoms with Crippen LogP contribution in [0.25, 0.3) is 0 Å². The lowest BCUT2D eigenvalue weighted by atomic mass is 10.2. The van der Waals surface area contributed by atoms with Gasteiger partial charge in [0.15, 0.2) is 0 Å². The average molecular weight is 236 g/mol. The van der Waals surface area contributed by atoms with Crippen molar-refractivity contribution >= 4 is 0 Å². The molecule has 0 amide bonds. The van der Waals surface area contributed by atoms with Crippen molar-refractivity contribution in [2.75, 3.05) is 13.2 Å². The fourth-order valence-corrected chi connectivity index (χ4v) is 1.57. The summed E-state index contributed by atoms with van der Waals surface area (Å²) in [5, 5.41) is 3.39. The van der Waals surface area contributed by atoms with Gasteiger partial charge in [0.1, 0.15) is 0 Å². The highest BCUT2D eigenvalue weighted by Gasteiger charge is 2.02. The first kappa shape index (κ1) is 14.1. The number of ether oxygens (including phenoxy) is 1. The van der Waals surface area contributed by atoms with Crippen LogP contribution in [0.3, 0.4) is 0 Å². The molecule has 96 valence electrons. The van der Waals surface area contributed by atoms with Crippen molar-refractivity contribution in [3.63, 3.8) is 0 Å². The maximum Gasteiger partial charge on any atom is 0.0559 e. The third kappa shape index (κ3) is 7.08. The first-order valence-electron chi connectivity index (χ1n) is 6.43. The third-order valence-electron chi connectivity index (χ3n) is 2.59. The van der Waals surface area contributed by atoms with Crippen LogP contribution >= 0.6 is 0 Å². The minimum absolute atomic E-state index is 0.310. The highest BCUT2D eigenvalue weighted by Crippen LogP contribution is 2.00. The summed E-state index contributed by atoms with van der Waals surface area (Å²) in [5.74, 6) is 0. The van der Waals surface area contributed by atoms with Gasteiger partial charge in [0, 0.05) is 24.4 Å². The lowest BCUT2D eigenvalue weighted by Crippen LogP contribution is -2.26.